The van der Waals surface area contributed by atoms with Gasteiger partial charge in [0.05, 0.1) is 28.1 Å². The first-order valence-electron chi connectivity index (χ1n) is 11.1. The summed E-state index contributed by atoms with van der Waals surface area (Å²) in [6, 6.07) is 20.9. The molecule has 9 heteroatoms. The Bertz CT molecular complexity index is 1530. The Balaban J connectivity index is 1.63. The van der Waals surface area contributed by atoms with Gasteiger partial charge in [0.25, 0.3) is 5.91 Å². The summed E-state index contributed by atoms with van der Waals surface area (Å²) in [4.78, 5) is 27.1. The number of benzene rings is 2. The van der Waals surface area contributed by atoms with Crippen LogP contribution in [0.2, 0.25) is 0 Å². The Morgan fingerprint density at radius 2 is 1.69 bits per heavy atom. The largest absolute Gasteiger partial charge is 0.382 e. The SMILES string of the molecule is Cn1nnc2ccc(-c3nc(C(=O)NC(C)(C)c4ccccn4)c(N)nc3-c3ccccc3)cc21. The van der Waals surface area contributed by atoms with Crippen LogP contribution >= 0.6 is 0 Å². The molecule has 0 saturated carbocycles. The second-order valence-corrected chi connectivity index (χ2v) is 8.73. The maximum absolute atomic E-state index is 13.4. The highest BCUT2D eigenvalue weighted by atomic mass is 16.2. The van der Waals surface area contributed by atoms with Gasteiger partial charge in [0.2, 0.25) is 0 Å². The van der Waals surface area contributed by atoms with Gasteiger partial charge in [0, 0.05) is 24.4 Å². The van der Waals surface area contributed by atoms with Crippen LogP contribution in [0.25, 0.3) is 33.5 Å². The number of hydrogen-bond donors (Lipinski definition) is 2. The third-order valence-corrected chi connectivity index (χ3v) is 5.80. The molecule has 3 N–H and O–H groups in total. The lowest BCUT2D eigenvalue weighted by molar-refractivity contribution is 0.0906. The molecule has 0 aliphatic heterocycles. The number of amides is 1. The van der Waals surface area contributed by atoms with E-state index in [9.17, 15) is 4.79 Å². The molecule has 0 aliphatic carbocycles. The molecule has 35 heavy (non-hydrogen) atoms. The highest BCUT2D eigenvalue weighted by Gasteiger charge is 2.28. The standard InChI is InChI=1S/C26H24N8O/c1-26(2,20-11-7-8-14-28-20)31-25(35)23-24(27)30-21(16-9-5-4-6-10-16)22(29-23)17-12-13-18-19(15-17)34(3)33-32-18/h4-15H,1-3H3,(H2,27,30)(H,31,35). The third kappa shape index (κ3) is 4.19. The highest BCUT2D eigenvalue weighted by molar-refractivity contribution is 5.98. The lowest BCUT2D eigenvalue weighted by Crippen LogP contribution is -2.42. The zero-order valence-corrected chi connectivity index (χ0v) is 19.6. The molecule has 1 amide bonds. The van der Waals surface area contributed by atoms with Crippen molar-refractivity contribution in [2.45, 2.75) is 19.4 Å². The minimum absolute atomic E-state index is 0.0465. The van der Waals surface area contributed by atoms with E-state index < -0.39 is 11.4 Å². The fourth-order valence-corrected chi connectivity index (χ4v) is 3.93. The summed E-state index contributed by atoms with van der Waals surface area (Å²) in [5, 5.41) is 11.2. The number of nitrogens with two attached hydrogens (primary N) is 1. The number of aryl methyl sites for hydroxylation is 1. The molecule has 0 bridgehead atoms. The van der Waals surface area contributed by atoms with Crippen LogP contribution in [0.5, 0.6) is 0 Å². The monoisotopic (exact) mass is 464 g/mol. The van der Waals surface area contributed by atoms with Crippen molar-refractivity contribution in [1.82, 2.24) is 35.3 Å². The van der Waals surface area contributed by atoms with Gasteiger partial charge in [-0.2, -0.15) is 0 Å². The summed E-state index contributed by atoms with van der Waals surface area (Å²) in [5.41, 5.74) is 10.6. The van der Waals surface area contributed by atoms with Crippen LogP contribution in [0.1, 0.15) is 30.0 Å². The first-order valence-corrected chi connectivity index (χ1v) is 11.1. The molecule has 174 valence electrons. The van der Waals surface area contributed by atoms with Crippen LogP contribution in [0.4, 0.5) is 5.82 Å². The highest BCUT2D eigenvalue weighted by Crippen LogP contribution is 2.32. The second kappa shape index (κ2) is 8.60. The number of aromatic nitrogens is 6. The first kappa shape index (κ1) is 22.1. The van der Waals surface area contributed by atoms with Crippen molar-refractivity contribution in [3.05, 3.63) is 84.3 Å². The van der Waals surface area contributed by atoms with Crippen molar-refractivity contribution in [3.63, 3.8) is 0 Å². The first-order chi connectivity index (χ1) is 16.8. The lowest BCUT2D eigenvalue weighted by atomic mass is 9.99. The molecule has 0 spiro atoms. The Morgan fingerprint density at radius 3 is 2.43 bits per heavy atom. The molecule has 0 aliphatic rings. The smallest absolute Gasteiger partial charge is 0.274 e. The van der Waals surface area contributed by atoms with Gasteiger partial charge in [-0.25, -0.2) is 14.6 Å². The van der Waals surface area contributed by atoms with Gasteiger partial charge in [0.1, 0.15) is 5.52 Å². The van der Waals surface area contributed by atoms with E-state index in [0.29, 0.717) is 11.4 Å². The molecule has 5 rings (SSSR count). The molecular weight excluding hydrogens is 440 g/mol. The predicted molar refractivity (Wildman–Crippen MR) is 134 cm³/mol. The van der Waals surface area contributed by atoms with Gasteiger partial charge in [0.15, 0.2) is 11.5 Å². The normalized spacial score (nSPS) is 11.5. The van der Waals surface area contributed by atoms with Gasteiger partial charge >= 0.3 is 0 Å². The van der Waals surface area contributed by atoms with Crippen molar-refractivity contribution < 1.29 is 4.79 Å². The third-order valence-electron chi connectivity index (χ3n) is 5.80. The molecule has 0 fully saturated rings. The average Bonchev–Trinajstić information content (AvgIpc) is 3.24. The topological polar surface area (TPSA) is 124 Å². The Labute approximate surface area is 202 Å². The maximum Gasteiger partial charge on any atom is 0.274 e. The number of anilines is 1. The Morgan fingerprint density at radius 1 is 0.943 bits per heavy atom. The molecule has 0 saturated heterocycles. The van der Waals surface area contributed by atoms with E-state index in [1.165, 1.54) is 0 Å². The van der Waals surface area contributed by atoms with Gasteiger partial charge in [-0.05, 0) is 38.1 Å². The van der Waals surface area contributed by atoms with E-state index in [1.807, 2.05) is 87.6 Å². The zero-order valence-electron chi connectivity index (χ0n) is 19.6. The molecular formula is C26H24N8O. The number of hydrogen-bond acceptors (Lipinski definition) is 7. The van der Waals surface area contributed by atoms with Crippen LogP contribution in [-0.2, 0) is 12.6 Å². The number of fused-ring (bicyclic) bond motifs is 1. The van der Waals surface area contributed by atoms with Crippen LogP contribution in [0, 0.1) is 0 Å². The summed E-state index contributed by atoms with van der Waals surface area (Å²) < 4.78 is 1.69. The van der Waals surface area contributed by atoms with E-state index in [4.69, 9.17) is 10.7 Å². The summed E-state index contributed by atoms with van der Waals surface area (Å²) in [7, 11) is 1.82. The predicted octanol–water partition coefficient (Wildman–Crippen LogP) is 3.73. The average molecular weight is 465 g/mol. The number of nitrogen functional groups attached to an aromatic ring is 1. The molecule has 2 aromatic carbocycles. The number of rotatable bonds is 5. The minimum Gasteiger partial charge on any atom is -0.382 e. The molecule has 9 nitrogen and oxygen atoms in total. The summed E-state index contributed by atoms with van der Waals surface area (Å²) in [6.45, 7) is 3.75. The van der Waals surface area contributed by atoms with Crippen molar-refractivity contribution in [3.8, 4) is 22.5 Å². The Kier molecular flexibility index (Phi) is 5.44. The summed E-state index contributed by atoms with van der Waals surface area (Å²) >= 11 is 0. The van der Waals surface area contributed by atoms with Crippen molar-refractivity contribution in [2.24, 2.45) is 7.05 Å². The van der Waals surface area contributed by atoms with Crippen molar-refractivity contribution in [1.29, 1.82) is 0 Å². The summed E-state index contributed by atoms with van der Waals surface area (Å²) in [5.74, 6) is -0.389. The van der Waals surface area contributed by atoms with E-state index in [1.54, 1.807) is 10.9 Å². The van der Waals surface area contributed by atoms with E-state index in [-0.39, 0.29) is 11.5 Å². The molecule has 5 aromatic rings. The van der Waals surface area contributed by atoms with Crippen molar-refractivity contribution in [2.75, 3.05) is 5.73 Å². The number of nitrogens with one attached hydrogen (secondary N) is 1. The fourth-order valence-electron chi connectivity index (χ4n) is 3.93. The summed E-state index contributed by atoms with van der Waals surface area (Å²) in [6.07, 6.45) is 1.69. The van der Waals surface area contributed by atoms with E-state index in [2.05, 4.69) is 25.6 Å². The fraction of sp³-hybridized carbons (Fsp3) is 0.154. The van der Waals surface area contributed by atoms with Gasteiger partial charge in [-0.3, -0.25) is 9.78 Å². The van der Waals surface area contributed by atoms with Gasteiger partial charge in [-0.1, -0.05) is 47.7 Å². The quantitative estimate of drug-likeness (QED) is 0.406. The Hall–Kier alpha value is -4.66. The minimum atomic E-state index is -0.746. The van der Waals surface area contributed by atoms with Crippen LogP contribution in [0.3, 0.4) is 0 Å². The number of nitrogens with zero attached hydrogens (tertiary/aromatic N) is 6. The van der Waals surface area contributed by atoms with E-state index >= 15 is 0 Å². The molecule has 3 heterocycles. The van der Waals surface area contributed by atoms with Gasteiger partial charge in [-0.15, -0.1) is 5.10 Å². The molecule has 0 unspecified atom stereocenters. The number of carbonyl (C=O) groups excluding carboxylic acids is 1. The van der Waals surface area contributed by atoms with Crippen molar-refractivity contribution >= 4 is 22.8 Å². The maximum atomic E-state index is 13.4. The molecule has 0 atom stereocenters. The van der Waals surface area contributed by atoms with Crippen LogP contribution in [-0.4, -0.2) is 35.9 Å². The zero-order chi connectivity index (χ0) is 24.6. The van der Waals surface area contributed by atoms with E-state index in [0.717, 1.165) is 27.9 Å². The number of pyridine rings is 1. The van der Waals surface area contributed by atoms with Gasteiger partial charge < -0.3 is 11.1 Å². The van der Waals surface area contributed by atoms with Crippen LogP contribution in [0.15, 0.2) is 72.9 Å². The molecule has 3 aromatic heterocycles. The lowest BCUT2D eigenvalue weighted by Gasteiger charge is -2.25. The second-order valence-electron chi connectivity index (χ2n) is 8.73. The number of carbonyl (C=O) groups is 1. The van der Waals surface area contributed by atoms with Crippen LogP contribution < -0.4 is 11.1 Å². The molecule has 0 radical (unpaired) electrons.